The summed E-state index contributed by atoms with van der Waals surface area (Å²) in [5, 5.41) is 11.9. The van der Waals surface area contributed by atoms with Gasteiger partial charge in [0.15, 0.2) is 0 Å². The van der Waals surface area contributed by atoms with E-state index >= 15 is 0 Å². The molecule has 0 radical (unpaired) electrons. The van der Waals surface area contributed by atoms with Gasteiger partial charge in [-0.05, 0) is 23.6 Å². The summed E-state index contributed by atoms with van der Waals surface area (Å²) >= 11 is 5.73. The molecule has 1 rings (SSSR count). The number of anilines is 1. The van der Waals surface area contributed by atoms with Gasteiger partial charge in [-0.25, -0.2) is 4.79 Å². The zero-order valence-electron chi connectivity index (χ0n) is 11.0. The van der Waals surface area contributed by atoms with E-state index in [1.165, 1.54) is 18.2 Å². The molecule has 0 aromatic heterocycles. The molecule has 1 aromatic carbocycles. The summed E-state index contributed by atoms with van der Waals surface area (Å²) in [6.45, 7) is 5.49. The Labute approximate surface area is 116 Å². The quantitative estimate of drug-likeness (QED) is 0.794. The minimum atomic E-state index is -1.16. The van der Waals surface area contributed by atoms with Crippen molar-refractivity contribution < 1.29 is 14.7 Å². The minimum Gasteiger partial charge on any atom is -0.478 e. The largest absolute Gasteiger partial charge is 0.478 e. The number of carboxylic acids is 1. The molecule has 104 valence electrons. The molecule has 0 bridgehead atoms. The lowest BCUT2D eigenvalue weighted by Gasteiger charge is -2.26. The maximum absolute atomic E-state index is 12.0. The molecule has 0 aliphatic rings. The highest BCUT2D eigenvalue weighted by Crippen LogP contribution is 2.23. The summed E-state index contributed by atoms with van der Waals surface area (Å²) in [5.74, 6) is -1.60. The zero-order chi connectivity index (χ0) is 14.8. The Kier molecular flexibility index (Phi) is 4.55. The van der Waals surface area contributed by atoms with Gasteiger partial charge >= 0.3 is 5.97 Å². The van der Waals surface area contributed by atoms with Crippen molar-refractivity contribution in [3.05, 3.63) is 28.8 Å². The van der Waals surface area contributed by atoms with E-state index in [4.69, 9.17) is 22.4 Å². The number of amides is 1. The first-order valence-electron chi connectivity index (χ1n) is 5.72. The molecule has 5 nitrogen and oxygen atoms in total. The van der Waals surface area contributed by atoms with E-state index in [0.29, 0.717) is 0 Å². The van der Waals surface area contributed by atoms with E-state index in [2.05, 4.69) is 5.32 Å². The van der Waals surface area contributed by atoms with Crippen molar-refractivity contribution in [2.24, 2.45) is 11.1 Å². The van der Waals surface area contributed by atoms with Crippen LogP contribution in [0.4, 0.5) is 5.69 Å². The Balaban J connectivity index is 3.00. The molecule has 19 heavy (non-hydrogen) atoms. The van der Waals surface area contributed by atoms with Gasteiger partial charge < -0.3 is 16.2 Å². The molecule has 0 saturated carbocycles. The van der Waals surface area contributed by atoms with E-state index in [0.717, 1.165) is 0 Å². The lowest BCUT2D eigenvalue weighted by atomic mass is 9.87. The smallest absolute Gasteiger partial charge is 0.337 e. The Morgan fingerprint density at radius 3 is 2.42 bits per heavy atom. The van der Waals surface area contributed by atoms with E-state index in [-0.39, 0.29) is 16.3 Å². The Morgan fingerprint density at radius 2 is 1.95 bits per heavy atom. The molecule has 6 heteroatoms. The summed E-state index contributed by atoms with van der Waals surface area (Å²) in [7, 11) is 0. The van der Waals surface area contributed by atoms with Gasteiger partial charge in [0.25, 0.3) is 0 Å². The number of hydrogen-bond acceptors (Lipinski definition) is 3. The number of hydrogen-bond donors (Lipinski definition) is 3. The van der Waals surface area contributed by atoms with Gasteiger partial charge in [-0.3, -0.25) is 4.79 Å². The van der Waals surface area contributed by atoms with Crippen LogP contribution in [0.3, 0.4) is 0 Å². The van der Waals surface area contributed by atoms with Crippen LogP contribution in [0.25, 0.3) is 0 Å². The van der Waals surface area contributed by atoms with Crippen LogP contribution in [0.5, 0.6) is 0 Å². The van der Waals surface area contributed by atoms with Gasteiger partial charge in [0.05, 0.1) is 17.3 Å². The molecule has 0 aliphatic heterocycles. The third kappa shape index (κ3) is 3.94. The normalized spacial score (nSPS) is 12.9. The van der Waals surface area contributed by atoms with Crippen LogP contribution in [0.1, 0.15) is 31.1 Å². The fourth-order valence-corrected chi connectivity index (χ4v) is 1.58. The van der Waals surface area contributed by atoms with Gasteiger partial charge in [-0.1, -0.05) is 32.4 Å². The van der Waals surface area contributed by atoms with E-state index < -0.39 is 23.3 Å². The fraction of sp³-hybridized carbons (Fsp3) is 0.385. The van der Waals surface area contributed by atoms with Crippen LogP contribution >= 0.6 is 11.6 Å². The molecule has 1 aromatic rings. The van der Waals surface area contributed by atoms with Crippen molar-refractivity contribution in [2.45, 2.75) is 26.8 Å². The predicted octanol–water partition coefficient (Wildman–Crippen LogP) is 2.35. The van der Waals surface area contributed by atoms with Crippen molar-refractivity contribution in [3.63, 3.8) is 0 Å². The summed E-state index contributed by atoms with van der Waals surface area (Å²) in [6, 6.07) is 3.48. The average Bonchev–Trinajstić information content (AvgIpc) is 2.28. The van der Waals surface area contributed by atoms with Gasteiger partial charge in [-0.15, -0.1) is 0 Å². The molecule has 0 spiro atoms. The highest BCUT2D eigenvalue weighted by molar-refractivity contribution is 6.31. The third-order valence-corrected chi connectivity index (χ3v) is 2.92. The van der Waals surface area contributed by atoms with Gasteiger partial charge in [-0.2, -0.15) is 0 Å². The van der Waals surface area contributed by atoms with Crippen LogP contribution < -0.4 is 11.1 Å². The lowest BCUT2D eigenvalue weighted by molar-refractivity contribution is -0.119. The molecule has 1 amide bonds. The van der Waals surface area contributed by atoms with Crippen LogP contribution in [0.2, 0.25) is 5.02 Å². The van der Waals surface area contributed by atoms with Crippen molar-refractivity contribution in [3.8, 4) is 0 Å². The number of carboxylic acid groups (broad SMARTS) is 1. The topological polar surface area (TPSA) is 92.4 Å². The van der Waals surface area contributed by atoms with E-state index in [9.17, 15) is 9.59 Å². The first kappa shape index (κ1) is 15.5. The summed E-state index contributed by atoms with van der Waals surface area (Å²) in [4.78, 5) is 23.0. The Morgan fingerprint density at radius 1 is 1.37 bits per heavy atom. The fourth-order valence-electron chi connectivity index (χ4n) is 1.41. The minimum absolute atomic E-state index is 0.0676. The molecular weight excluding hydrogens is 268 g/mol. The number of benzene rings is 1. The third-order valence-electron chi connectivity index (χ3n) is 2.69. The standard InChI is InChI=1S/C13H17ClN2O3/c1-13(2,3)10(15)11(17)16-9-5-4-7(14)6-8(9)12(18)19/h4-6,10H,15H2,1-3H3,(H,16,17)(H,18,19)/t10-/m1/s1. The maximum Gasteiger partial charge on any atom is 0.337 e. The second-order valence-corrected chi connectivity index (χ2v) is 5.76. The van der Waals surface area contributed by atoms with Crippen molar-refractivity contribution in [2.75, 3.05) is 5.32 Å². The molecule has 4 N–H and O–H groups in total. The van der Waals surface area contributed by atoms with Crippen LogP contribution in [-0.2, 0) is 4.79 Å². The molecule has 0 heterocycles. The first-order chi connectivity index (χ1) is 8.62. The van der Waals surface area contributed by atoms with Gasteiger partial charge in [0.2, 0.25) is 5.91 Å². The number of aromatic carboxylic acids is 1. The van der Waals surface area contributed by atoms with E-state index in [1.54, 1.807) is 0 Å². The molecule has 0 fully saturated rings. The number of carbonyl (C=O) groups is 2. The van der Waals surface area contributed by atoms with Gasteiger partial charge in [0, 0.05) is 5.02 Å². The van der Waals surface area contributed by atoms with Crippen LogP contribution in [0, 0.1) is 5.41 Å². The highest BCUT2D eigenvalue weighted by atomic mass is 35.5. The zero-order valence-corrected chi connectivity index (χ0v) is 11.8. The molecule has 0 aliphatic carbocycles. The molecule has 0 unspecified atom stereocenters. The SMILES string of the molecule is CC(C)(C)[C@H](N)C(=O)Nc1ccc(Cl)cc1C(=O)O. The summed E-state index contributed by atoms with van der Waals surface area (Å²) in [5.41, 5.74) is 5.51. The van der Waals surface area contributed by atoms with Crippen molar-refractivity contribution in [1.29, 1.82) is 0 Å². The highest BCUT2D eigenvalue weighted by Gasteiger charge is 2.28. The van der Waals surface area contributed by atoms with E-state index in [1.807, 2.05) is 20.8 Å². The Bertz CT molecular complexity index is 509. The summed E-state index contributed by atoms with van der Waals surface area (Å²) < 4.78 is 0. The first-order valence-corrected chi connectivity index (χ1v) is 6.10. The number of nitrogens with two attached hydrogens (primary N) is 1. The second-order valence-electron chi connectivity index (χ2n) is 5.33. The Hall–Kier alpha value is -1.59. The molecular formula is C13H17ClN2O3. The van der Waals surface area contributed by atoms with Crippen molar-refractivity contribution in [1.82, 2.24) is 0 Å². The van der Waals surface area contributed by atoms with Crippen LogP contribution in [-0.4, -0.2) is 23.0 Å². The summed E-state index contributed by atoms with van der Waals surface area (Å²) in [6.07, 6.45) is 0. The average molecular weight is 285 g/mol. The van der Waals surface area contributed by atoms with Crippen molar-refractivity contribution >= 4 is 29.2 Å². The number of nitrogens with one attached hydrogen (secondary N) is 1. The maximum atomic E-state index is 12.0. The van der Waals surface area contributed by atoms with Gasteiger partial charge in [0.1, 0.15) is 0 Å². The second kappa shape index (κ2) is 5.59. The number of rotatable bonds is 3. The monoisotopic (exact) mass is 284 g/mol. The number of carbonyl (C=O) groups excluding carboxylic acids is 1. The van der Waals surface area contributed by atoms with Crippen LogP contribution in [0.15, 0.2) is 18.2 Å². The molecule has 0 saturated heterocycles. The molecule has 1 atom stereocenters. The number of halogens is 1. The lowest BCUT2D eigenvalue weighted by Crippen LogP contribution is -2.45. The predicted molar refractivity (Wildman–Crippen MR) is 74.5 cm³/mol.